The van der Waals surface area contributed by atoms with Gasteiger partial charge in [0.25, 0.3) is 5.91 Å². The number of amides is 1. The normalized spacial score (nSPS) is 10.7. The topological polar surface area (TPSA) is 54.9 Å². The monoisotopic (exact) mass is 393 g/mol. The number of halogens is 2. The van der Waals surface area contributed by atoms with E-state index in [2.05, 4.69) is 15.3 Å². The third-order valence-electron chi connectivity index (χ3n) is 4.14. The van der Waals surface area contributed by atoms with Crippen LogP contribution in [0.4, 0.5) is 5.69 Å². The molecule has 4 aromatic rings. The fourth-order valence-corrected chi connectivity index (χ4v) is 3.32. The van der Waals surface area contributed by atoms with Crippen LogP contribution >= 0.6 is 23.2 Å². The summed E-state index contributed by atoms with van der Waals surface area (Å²) in [5, 5.41) is 4.33. The van der Waals surface area contributed by atoms with Gasteiger partial charge in [-0.2, -0.15) is 0 Å². The molecule has 2 heterocycles. The Bertz CT molecular complexity index is 1130. The van der Waals surface area contributed by atoms with Gasteiger partial charge in [-0.05, 0) is 36.4 Å². The van der Waals surface area contributed by atoms with Crippen molar-refractivity contribution in [2.75, 3.05) is 5.32 Å². The lowest BCUT2D eigenvalue weighted by atomic mass is 10.0. The maximum atomic E-state index is 13.0. The second kappa shape index (κ2) is 7.35. The van der Waals surface area contributed by atoms with Gasteiger partial charge in [0.05, 0.1) is 32.5 Å². The van der Waals surface area contributed by atoms with Crippen molar-refractivity contribution >= 4 is 45.7 Å². The first-order valence-corrected chi connectivity index (χ1v) is 8.94. The number of aromatic nitrogens is 2. The van der Waals surface area contributed by atoms with Crippen LogP contribution in [0.15, 0.2) is 73.1 Å². The molecular formula is C21H13Cl2N3O. The number of carbonyl (C=O) groups is 1. The molecule has 0 spiro atoms. The molecule has 132 valence electrons. The lowest BCUT2D eigenvalue weighted by Crippen LogP contribution is -2.13. The summed E-state index contributed by atoms with van der Waals surface area (Å²) in [5.41, 5.74) is 3.16. The minimum Gasteiger partial charge on any atom is -0.319 e. The van der Waals surface area contributed by atoms with Gasteiger partial charge in [0.15, 0.2) is 0 Å². The summed E-state index contributed by atoms with van der Waals surface area (Å²) in [7, 11) is 0. The Labute approximate surface area is 165 Å². The maximum absolute atomic E-state index is 13.0. The van der Waals surface area contributed by atoms with E-state index in [1.807, 2.05) is 36.4 Å². The minimum absolute atomic E-state index is 0.307. The summed E-state index contributed by atoms with van der Waals surface area (Å²) in [6.45, 7) is 0. The predicted octanol–water partition coefficient (Wildman–Crippen LogP) is 5.86. The lowest BCUT2D eigenvalue weighted by molar-refractivity contribution is 0.102. The Kier molecular flexibility index (Phi) is 4.75. The number of hydrogen-bond acceptors (Lipinski definition) is 3. The number of nitrogens with one attached hydrogen (secondary N) is 1. The molecule has 0 saturated heterocycles. The van der Waals surface area contributed by atoms with Crippen LogP contribution in [-0.2, 0) is 0 Å². The van der Waals surface area contributed by atoms with E-state index in [4.69, 9.17) is 23.2 Å². The number of para-hydroxylation sites is 2. The minimum atomic E-state index is -0.307. The number of pyridine rings is 2. The van der Waals surface area contributed by atoms with Crippen LogP contribution in [0.3, 0.4) is 0 Å². The van der Waals surface area contributed by atoms with E-state index in [0.29, 0.717) is 27.0 Å². The first-order chi connectivity index (χ1) is 13.1. The van der Waals surface area contributed by atoms with Crippen LogP contribution in [-0.4, -0.2) is 15.9 Å². The summed E-state index contributed by atoms with van der Waals surface area (Å²) in [6, 6.07) is 18.0. The zero-order chi connectivity index (χ0) is 18.8. The van der Waals surface area contributed by atoms with Gasteiger partial charge in [0.1, 0.15) is 0 Å². The number of benzene rings is 2. The standard InChI is InChI=1S/C21H13Cl2N3O/c22-16-5-3-6-17(23)20(16)26-21(27)15-12-19(13-8-10-24-11-9-13)25-18-7-2-1-4-14(15)18/h1-12H,(H,26,27). The zero-order valence-electron chi connectivity index (χ0n) is 14.0. The van der Waals surface area contributed by atoms with Crippen LogP contribution in [0.5, 0.6) is 0 Å². The van der Waals surface area contributed by atoms with Gasteiger partial charge < -0.3 is 5.32 Å². The van der Waals surface area contributed by atoms with Crippen molar-refractivity contribution in [2.24, 2.45) is 0 Å². The molecule has 0 fully saturated rings. The molecule has 0 bridgehead atoms. The highest BCUT2D eigenvalue weighted by molar-refractivity contribution is 6.40. The van der Waals surface area contributed by atoms with E-state index in [9.17, 15) is 4.79 Å². The van der Waals surface area contributed by atoms with Crippen LogP contribution in [0.2, 0.25) is 10.0 Å². The first-order valence-electron chi connectivity index (χ1n) is 8.19. The number of rotatable bonds is 3. The molecule has 0 saturated carbocycles. The molecule has 0 atom stereocenters. The van der Waals surface area contributed by atoms with Crippen molar-refractivity contribution in [3.63, 3.8) is 0 Å². The average Bonchev–Trinajstić information content (AvgIpc) is 2.70. The van der Waals surface area contributed by atoms with E-state index >= 15 is 0 Å². The van der Waals surface area contributed by atoms with Crippen molar-refractivity contribution in [1.82, 2.24) is 9.97 Å². The smallest absolute Gasteiger partial charge is 0.256 e. The highest BCUT2D eigenvalue weighted by Crippen LogP contribution is 2.31. The molecule has 4 nitrogen and oxygen atoms in total. The maximum Gasteiger partial charge on any atom is 0.256 e. The summed E-state index contributed by atoms with van der Waals surface area (Å²) >= 11 is 12.4. The zero-order valence-corrected chi connectivity index (χ0v) is 15.5. The Balaban J connectivity index is 1.84. The lowest BCUT2D eigenvalue weighted by Gasteiger charge is -2.12. The van der Waals surface area contributed by atoms with Gasteiger partial charge in [-0.15, -0.1) is 0 Å². The van der Waals surface area contributed by atoms with Crippen molar-refractivity contribution in [3.8, 4) is 11.3 Å². The van der Waals surface area contributed by atoms with Crippen LogP contribution in [0.1, 0.15) is 10.4 Å². The molecule has 6 heteroatoms. The summed E-state index contributed by atoms with van der Waals surface area (Å²) in [5.74, 6) is -0.307. The fourth-order valence-electron chi connectivity index (χ4n) is 2.83. The molecule has 0 aliphatic heterocycles. The van der Waals surface area contributed by atoms with Crippen LogP contribution in [0, 0.1) is 0 Å². The third-order valence-corrected chi connectivity index (χ3v) is 4.77. The molecular weight excluding hydrogens is 381 g/mol. The quantitative estimate of drug-likeness (QED) is 0.474. The van der Waals surface area contributed by atoms with Gasteiger partial charge in [-0.25, -0.2) is 4.98 Å². The van der Waals surface area contributed by atoms with Crippen molar-refractivity contribution in [2.45, 2.75) is 0 Å². The molecule has 0 aliphatic carbocycles. The van der Waals surface area contributed by atoms with Gasteiger partial charge >= 0.3 is 0 Å². The number of carbonyl (C=O) groups excluding carboxylic acids is 1. The molecule has 0 unspecified atom stereocenters. The Hall–Kier alpha value is -2.95. The first kappa shape index (κ1) is 17.5. The highest BCUT2D eigenvalue weighted by atomic mass is 35.5. The largest absolute Gasteiger partial charge is 0.319 e. The number of nitrogens with zero attached hydrogens (tertiary/aromatic N) is 2. The summed E-state index contributed by atoms with van der Waals surface area (Å²) in [4.78, 5) is 21.7. The molecule has 2 aromatic heterocycles. The SMILES string of the molecule is O=C(Nc1c(Cl)cccc1Cl)c1cc(-c2ccncc2)nc2ccccc12. The Morgan fingerprint density at radius 3 is 2.33 bits per heavy atom. The third kappa shape index (κ3) is 3.50. The molecule has 27 heavy (non-hydrogen) atoms. The molecule has 1 amide bonds. The van der Waals surface area contributed by atoms with Crippen molar-refractivity contribution < 1.29 is 4.79 Å². The van der Waals surface area contributed by atoms with Gasteiger partial charge in [0, 0.05) is 23.3 Å². The van der Waals surface area contributed by atoms with Crippen LogP contribution < -0.4 is 5.32 Å². The molecule has 4 rings (SSSR count). The van der Waals surface area contributed by atoms with E-state index < -0.39 is 0 Å². The van der Waals surface area contributed by atoms with Crippen molar-refractivity contribution in [3.05, 3.63) is 88.7 Å². The van der Waals surface area contributed by atoms with Crippen LogP contribution in [0.25, 0.3) is 22.2 Å². The molecule has 1 N–H and O–H groups in total. The second-order valence-corrected chi connectivity index (χ2v) is 6.67. The molecule has 0 aliphatic rings. The number of fused-ring (bicyclic) bond motifs is 1. The Morgan fingerprint density at radius 1 is 0.889 bits per heavy atom. The van der Waals surface area contributed by atoms with E-state index in [0.717, 1.165) is 16.5 Å². The average molecular weight is 394 g/mol. The Morgan fingerprint density at radius 2 is 1.59 bits per heavy atom. The molecule has 0 radical (unpaired) electrons. The number of hydrogen-bond donors (Lipinski definition) is 1. The van der Waals surface area contributed by atoms with Gasteiger partial charge in [0.2, 0.25) is 0 Å². The van der Waals surface area contributed by atoms with E-state index in [1.165, 1.54) is 0 Å². The van der Waals surface area contributed by atoms with E-state index in [-0.39, 0.29) is 5.91 Å². The second-order valence-electron chi connectivity index (χ2n) is 5.86. The number of anilines is 1. The molecule has 2 aromatic carbocycles. The van der Waals surface area contributed by atoms with Gasteiger partial charge in [-0.1, -0.05) is 47.5 Å². The fraction of sp³-hybridized carbons (Fsp3) is 0. The summed E-state index contributed by atoms with van der Waals surface area (Å²) < 4.78 is 0. The predicted molar refractivity (Wildman–Crippen MR) is 109 cm³/mol. The van der Waals surface area contributed by atoms with Crippen molar-refractivity contribution in [1.29, 1.82) is 0 Å². The highest BCUT2D eigenvalue weighted by Gasteiger charge is 2.16. The van der Waals surface area contributed by atoms with E-state index in [1.54, 1.807) is 36.7 Å². The summed E-state index contributed by atoms with van der Waals surface area (Å²) in [6.07, 6.45) is 3.38. The van der Waals surface area contributed by atoms with Gasteiger partial charge in [-0.3, -0.25) is 9.78 Å².